The molecule has 0 aliphatic carbocycles. The van der Waals surface area contributed by atoms with Crippen molar-refractivity contribution in [3.8, 4) is 0 Å². The smallest absolute Gasteiger partial charge is 0.316 e. The number of aromatic nitrogens is 1. The van der Waals surface area contributed by atoms with Gasteiger partial charge in [0.05, 0.1) is 10.8 Å². The third-order valence-electron chi connectivity index (χ3n) is 1.52. The van der Waals surface area contributed by atoms with Gasteiger partial charge in [-0.05, 0) is 42.8 Å². The molecule has 6 heteroatoms. The first kappa shape index (κ1) is 14.8. The van der Waals surface area contributed by atoms with E-state index in [1.807, 2.05) is 20.8 Å². The summed E-state index contributed by atoms with van der Waals surface area (Å²) in [5.41, 5.74) is -0.464. The number of thioether (sulfide) groups is 1. The molecular weight excluding hydrogens is 326 g/mol. The van der Waals surface area contributed by atoms with Crippen LogP contribution >= 0.6 is 39.3 Å². The van der Waals surface area contributed by atoms with Crippen molar-refractivity contribution in [1.82, 2.24) is 4.98 Å². The average molecular weight is 339 g/mol. The lowest BCUT2D eigenvalue weighted by molar-refractivity contribution is -0.151. The zero-order valence-corrected chi connectivity index (χ0v) is 12.9. The SMILES string of the molecule is CC(C)(C)OC(=O)CSc1ncc(Br)cc1Cl. The van der Waals surface area contributed by atoms with Gasteiger partial charge in [0.15, 0.2) is 0 Å². The van der Waals surface area contributed by atoms with Gasteiger partial charge < -0.3 is 4.74 Å². The van der Waals surface area contributed by atoms with Gasteiger partial charge >= 0.3 is 5.97 Å². The number of carbonyl (C=O) groups excluding carboxylic acids is 1. The molecule has 0 aliphatic rings. The molecule has 0 aliphatic heterocycles. The van der Waals surface area contributed by atoms with Crippen molar-refractivity contribution in [2.45, 2.75) is 31.4 Å². The molecule has 0 unspecified atom stereocenters. The molecule has 0 saturated heterocycles. The number of rotatable bonds is 3. The van der Waals surface area contributed by atoms with Gasteiger partial charge in [0.2, 0.25) is 0 Å². The van der Waals surface area contributed by atoms with Gasteiger partial charge in [0.25, 0.3) is 0 Å². The first-order valence-electron chi connectivity index (χ1n) is 4.93. The largest absolute Gasteiger partial charge is 0.459 e. The maximum Gasteiger partial charge on any atom is 0.316 e. The highest BCUT2D eigenvalue weighted by atomic mass is 79.9. The van der Waals surface area contributed by atoms with Crippen molar-refractivity contribution in [1.29, 1.82) is 0 Å². The topological polar surface area (TPSA) is 39.2 Å². The van der Waals surface area contributed by atoms with Crippen LogP contribution in [0.5, 0.6) is 0 Å². The number of nitrogens with zero attached hydrogens (tertiary/aromatic N) is 1. The van der Waals surface area contributed by atoms with Crippen LogP contribution in [0.3, 0.4) is 0 Å². The van der Waals surface area contributed by atoms with Gasteiger partial charge in [-0.1, -0.05) is 23.4 Å². The number of pyridine rings is 1. The Balaban J connectivity index is 2.53. The zero-order chi connectivity index (χ0) is 13.1. The molecule has 17 heavy (non-hydrogen) atoms. The van der Waals surface area contributed by atoms with E-state index in [2.05, 4.69) is 20.9 Å². The van der Waals surface area contributed by atoms with Gasteiger partial charge in [-0.2, -0.15) is 0 Å². The molecule has 0 amide bonds. The Morgan fingerprint density at radius 1 is 1.59 bits per heavy atom. The molecule has 0 aromatic carbocycles. The lowest BCUT2D eigenvalue weighted by atomic mass is 10.2. The van der Waals surface area contributed by atoms with Crippen LogP contribution in [0.2, 0.25) is 5.02 Å². The van der Waals surface area contributed by atoms with E-state index in [-0.39, 0.29) is 11.7 Å². The van der Waals surface area contributed by atoms with E-state index >= 15 is 0 Å². The number of esters is 1. The monoisotopic (exact) mass is 337 g/mol. The summed E-state index contributed by atoms with van der Waals surface area (Å²) in [7, 11) is 0. The lowest BCUT2D eigenvalue weighted by Gasteiger charge is -2.19. The number of halogens is 2. The van der Waals surface area contributed by atoms with Gasteiger partial charge in [0.1, 0.15) is 10.6 Å². The molecule has 0 radical (unpaired) electrons. The average Bonchev–Trinajstić information content (AvgIpc) is 2.13. The van der Waals surface area contributed by atoms with E-state index < -0.39 is 5.60 Å². The second-order valence-electron chi connectivity index (χ2n) is 4.32. The van der Waals surface area contributed by atoms with E-state index in [1.165, 1.54) is 11.8 Å². The Labute approximate surface area is 118 Å². The second-order valence-corrected chi connectivity index (χ2v) is 6.60. The summed E-state index contributed by atoms with van der Waals surface area (Å²) in [5.74, 6) is -0.0747. The van der Waals surface area contributed by atoms with Crippen molar-refractivity contribution in [2.75, 3.05) is 5.75 Å². The van der Waals surface area contributed by atoms with E-state index in [4.69, 9.17) is 16.3 Å². The van der Waals surface area contributed by atoms with E-state index in [0.29, 0.717) is 10.0 Å². The highest BCUT2D eigenvalue weighted by Crippen LogP contribution is 2.27. The highest BCUT2D eigenvalue weighted by molar-refractivity contribution is 9.10. The van der Waals surface area contributed by atoms with Crippen LogP contribution < -0.4 is 0 Å². The van der Waals surface area contributed by atoms with Crippen LogP contribution in [0.4, 0.5) is 0 Å². The predicted molar refractivity (Wildman–Crippen MR) is 73.5 cm³/mol. The number of ether oxygens (including phenoxy) is 1. The second kappa shape index (κ2) is 6.07. The molecule has 0 bridgehead atoms. The van der Waals surface area contributed by atoms with Gasteiger partial charge in [-0.15, -0.1) is 0 Å². The first-order chi connectivity index (χ1) is 7.78. The Morgan fingerprint density at radius 2 is 2.24 bits per heavy atom. The fourth-order valence-corrected chi connectivity index (χ4v) is 2.44. The fraction of sp³-hybridized carbons (Fsp3) is 0.455. The molecule has 1 aromatic heterocycles. The van der Waals surface area contributed by atoms with Gasteiger partial charge in [0, 0.05) is 10.7 Å². The molecular formula is C11H13BrClNO2S. The van der Waals surface area contributed by atoms with Crippen LogP contribution in [-0.2, 0) is 9.53 Å². The van der Waals surface area contributed by atoms with E-state index in [9.17, 15) is 4.79 Å². The summed E-state index contributed by atoms with van der Waals surface area (Å²) in [4.78, 5) is 15.6. The molecule has 0 fully saturated rings. The van der Waals surface area contributed by atoms with Crippen LogP contribution in [-0.4, -0.2) is 22.3 Å². The van der Waals surface area contributed by atoms with Gasteiger partial charge in [-0.3, -0.25) is 4.79 Å². The number of carbonyl (C=O) groups is 1. The van der Waals surface area contributed by atoms with E-state index in [0.717, 1.165) is 4.47 Å². The minimum Gasteiger partial charge on any atom is -0.459 e. The molecule has 0 N–H and O–H groups in total. The molecule has 94 valence electrons. The molecule has 1 aromatic rings. The number of hydrogen-bond acceptors (Lipinski definition) is 4. The fourth-order valence-electron chi connectivity index (χ4n) is 1.01. The third-order valence-corrected chi connectivity index (χ3v) is 3.33. The Morgan fingerprint density at radius 3 is 2.76 bits per heavy atom. The highest BCUT2D eigenvalue weighted by Gasteiger charge is 2.17. The maximum atomic E-state index is 11.5. The Kier molecular flexibility index (Phi) is 5.28. The summed E-state index contributed by atoms with van der Waals surface area (Å²) in [6, 6.07) is 1.74. The minimum atomic E-state index is -0.464. The van der Waals surface area contributed by atoms with Crippen LogP contribution in [0.15, 0.2) is 21.8 Å². The van der Waals surface area contributed by atoms with Crippen LogP contribution in [0.1, 0.15) is 20.8 Å². The first-order valence-corrected chi connectivity index (χ1v) is 7.09. The quantitative estimate of drug-likeness (QED) is 0.618. The third kappa shape index (κ3) is 5.75. The summed E-state index contributed by atoms with van der Waals surface area (Å²) in [6.45, 7) is 5.50. The zero-order valence-electron chi connectivity index (χ0n) is 9.79. The van der Waals surface area contributed by atoms with Crippen molar-refractivity contribution in [3.63, 3.8) is 0 Å². The minimum absolute atomic E-state index is 0.200. The van der Waals surface area contributed by atoms with Gasteiger partial charge in [-0.25, -0.2) is 4.98 Å². The molecule has 0 saturated carbocycles. The number of hydrogen-bond donors (Lipinski definition) is 0. The summed E-state index contributed by atoms with van der Waals surface area (Å²) in [5, 5.41) is 1.15. The Hall–Kier alpha value is -0.260. The van der Waals surface area contributed by atoms with E-state index in [1.54, 1.807) is 12.3 Å². The standard InChI is InChI=1S/C11H13BrClNO2S/c1-11(2,3)16-9(15)6-17-10-8(13)4-7(12)5-14-10/h4-5H,6H2,1-3H3. The normalized spacial score (nSPS) is 11.4. The van der Waals surface area contributed by atoms with Crippen molar-refractivity contribution in [2.24, 2.45) is 0 Å². The molecule has 1 heterocycles. The summed E-state index contributed by atoms with van der Waals surface area (Å²) in [6.07, 6.45) is 1.64. The van der Waals surface area contributed by atoms with Crippen molar-refractivity contribution < 1.29 is 9.53 Å². The lowest BCUT2D eigenvalue weighted by Crippen LogP contribution is -2.24. The van der Waals surface area contributed by atoms with Crippen molar-refractivity contribution >= 4 is 45.3 Å². The molecule has 0 spiro atoms. The maximum absolute atomic E-state index is 11.5. The summed E-state index contributed by atoms with van der Waals surface area (Å²) < 4.78 is 5.99. The molecule has 0 atom stereocenters. The van der Waals surface area contributed by atoms with Crippen LogP contribution in [0.25, 0.3) is 0 Å². The molecule has 1 rings (SSSR count). The predicted octanol–water partition coefficient (Wildman–Crippen LogP) is 3.93. The molecule has 3 nitrogen and oxygen atoms in total. The van der Waals surface area contributed by atoms with Crippen molar-refractivity contribution in [3.05, 3.63) is 21.8 Å². The van der Waals surface area contributed by atoms with Crippen LogP contribution in [0, 0.1) is 0 Å². The Bertz CT molecular complexity index is 420. The summed E-state index contributed by atoms with van der Waals surface area (Å²) >= 11 is 10.5.